The Labute approximate surface area is 171 Å². The molecule has 1 saturated carbocycles. The van der Waals surface area contributed by atoms with Crippen molar-refractivity contribution in [1.82, 2.24) is 25.0 Å². The molecule has 1 aromatic carbocycles. The van der Waals surface area contributed by atoms with Crippen LogP contribution in [0.4, 0.5) is 5.95 Å². The Balaban J connectivity index is 1.50. The van der Waals surface area contributed by atoms with Gasteiger partial charge in [-0.15, -0.1) is 5.10 Å². The highest BCUT2D eigenvalue weighted by molar-refractivity contribution is 5.77. The Hall–Kier alpha value is -3.76. The van der Waals surface area contributed by atoms with Crippen LogP contribution in [0.1, 0.15) is 19.3 Å². The molecule has 0 aliphatic heterocycles. The molecular weight excluding hydrogens is 390 g/mol. The van der Waals surface area contributed by atoms with Gasteiger partial charge in [0.2, 0.25) is 11.9 Å². The fourth-order valence-corrected chi connectivity index (χ4v) is 3.41. The van der Waals surface area contributed by atoms with Gasteiger partial charge in [0, 0.05) is 12.0 Å². The number of primary amides is 1. The van der Waals surface area contributed by atoms with Gasteiger partial charge in [-0.3, -0.25) is 4.79 Å². The number of nitrogens with one attached hydrogen (secondary N) is 1. The van der Waals surface area contributed by atoms with Gasteiger partial charge in [-0.1, -0.05) is 5.21 Å². The number of anilines is 1. The predicted octanol–water partition coefficient (Wildman–Crippen LogP) is 0.828. The van der Waals surface area contributed by atoms with E-state index in [0.29, 0.717) is 29.3 Å². The first kappa shape index (κ1) is 19.6. The molecule has 1 fully saturated rings. The summed E-state index contributed by atoms with van der Waals surface area (Å²) in [6, 6.07) is 7.09. The molecule has 1 aliphatic rings. The number of carbonyl (C=O) groups is 2. The van der Waals surface area contributed by atoms with Crippen molar-refractivity contribution < 1.29 is 19.1 Å². The SMILES string of the molecule is COC(=O)COc1ccc(-n2nnc3cnc(NC4CC[C@@H](C(N)=O)C4)nc32)cc1. The minimum atomic E-state index is -0.456. The van der Waals surface area contributed by atoms with Crippen LogP contribution in [0.5, 0.6) is 5.75 Å². The summed E-state index contributed by atoms with van der Waals surface area (Å²) in [5, 5.41) is 11.5. The third kappa shape index (κ3) is 4.14. The number of hydrogen-bond donors (Lipinski definition) is 2. The highest BCUT2D eigenvalue weighted by Crippen LogP contribution is 2.27. The van der Waals surface area contributed by atoms with E-state index in [2.05, 4.69) is 30.3 Å². The number of nitrogens with two attached hydrogens (primary N) is 1. The summed E-state index contributed by atoms with van der Waals surface area (Å²) in [5.74, 6) is 0.132. The Kier molecular flexibility index (Phi) is 5.42. The quantitative estimate of drug-likeness (QED) is 0.539. The van der Waals surface area contributed by atoms with Crippen molar-refractivity contribution in [3.8, 4) is 11.4 Å². The van der Waals surface area contributed by atoms with E-state index in [1.165, 1.54) is 7.11 Å². The van der Waals surface area contributed by atoms with Gasteiger partial charge in [0.1, 0.15) is 5.75 Å². The van der Waals surface area contributed by atoms with Gasteiger partial charge in [-0.25, -0.2) is 9.78 Å². The van der Waals surface area contributed by atoms with Gasteiger partial charge in [-0.2, -0.15) is 9.67 Å². The third-order valence-corrected chi connectivity index (χ3v) is 5.03. The number of benzene rings is 1. The van der Waals surface area contributed by atoms with Gasteiger partial charge >= 0.3 is 5.97 Å². The number of hydrogen-bond acceptors (Lipinski definition) is 9. The summed E-state index contributed by atoms with van der Waals surface area (Å²) in [5.41, 5.74) is 7.22. The first-order chi connectivity index (χ1) is 14.5. The highest BCUT2D eigenvalue weighted by atomic mass is 16.6. The van der Waals surface area contributed by atoms with Crippen LogP contribution >= 0.6 is 0 Å². The lowest BCUT2D eigenvalue weighted by molar-refractivity contribution is -0.142. The van der Waals surface area contributed by atoms with Gasteiger partial charge in [0.15, 0.2) is 17.8 Å². The normalized spacial score (nSPS) is 18.3. The zero-order valence-electron chi connectivity index (χ0n) is 16.3. The number of nitrogens with zero attached hydrogens (tertiary/aromatic N) is 5. The summed E-state index contributed by atoms with van der Waals surface area (Å²) in [4.78, 5) is 31.4. The van der Waals surface area contributed by atoms with E-state index in [1.807, 2.05) is 0 Å². The zero-order chi connectivity index (χ0) is 21.1. The van der Waals surface area contributed by atoms with Crippen molar-refractivity contribution in [1.29, 1.82) is 0 Å². The van der Waals surface area contributed by atoms with Crippen molar-refractivity contribution in [2.75, 3.05) is 19.0 Å². The standard InChI is InChI=1S/C19H21N7O4/c1-29-16(27)10-30-14-6-4-13(5-7-14)26-18-15(24-25-26)9-21-19(23-18)22-12-3-2-11(8-12)17(20)28/h4-7,9,11-12H,2-3,8,10H2,1H3,(H2,20,28)(H,21,22,23)/t11-,12?/m1/s1. The molecule has 2 aromatic heterocycles. The summed E-state index contributed by atoms with van der Waals surface area (Å²) in [6.07, 6.45) is 3.86. The average Bonchev–Trinajstić information content (AvgIpc) is 3.39. The molecule has 1 amide bonds. The second-order valence-corrected chi connectivity index (χ2v) is 7.02. The molecule has 30 heavy (non-hydrogen) atoms. The number of amides is 1. The topological polar surface area (TPSA) is 147 Å². The Bertz CT molecular complexity index is 1070. The maximum atomic E-state index is 11.4. The average molecular weight is 411 g/mol. The van der Waals surface area contributed by atoms with Crippen LogP contribution in [0.2, 0.25) is 0 Å². The van der Waals surface area contributed by atoms with E-state index < -0.39 is 5.97 Å². The van der Waals surface area contributed by atoms with Gasteiger partial charge in [-0.05, 0) is 43.5 Å². The molecule has 0 spiro atoms. The van der Waals surface area contributed by atoms with Crippen LogP contribution in [0, 0.1) is 5.92 Å². The molecule has 3 aromatic rings. The molecule has 0 saturated heterocycles. The van der Waals surface area contributed by atoms with Crippen LogP contribution in [0.15, 0.2) is 30.5 Å². The highest BCUT2D eigenvalue weighted by Gasteiger charge is 2.28. The van der Waals surface area contributed by atoms with Crippen LogP contribution in [0.25, 0.3) is 16.9 Å². The number of ether oxygens (including phenoxy) is 2. The van der Waals surface area contributed by atoms with Crippen molar-refractivity contribution in [2.45, 2.75) is 25.3 Å². The number of fused-ring (bicyclic) bond motifs is 1. The van der Waals surface area contributed by atoms with E-state index in [0.717, 1.165) is 18.5 Å². The molecule has 11 nitrogen and oxygen atoms in total. The summed E-state index contributed by atoms with van der Waals surface area (Å²) >= 11 is 0. The lowest BCUT2D eigenvalue weighted by atomic mass is 10.1. The number of aromatic nitrogens is 5. The second kappa shape index (κ2) is 8.31. The molecule has 1 aliphatic carbocycles. The molecule has 4 rings (SSSR count). The predicted molar refractivity (Wildman–Crippen MR) is 106 cm³/mol. The van der Waals surface area contributed by atoms with E-state index >= 15 is 0 Å². The van der Waals surface area contributed by atoms with E-state index in [9.17, 15) is 9.59 Å². The van der Waals surface area contributed by atoms with Gasteiger partial charge in [0.05, 0.1) is 19.0 Å². The fourth-order valence-electron chi connectivity index (χ4n) is 3.41. The summed E-state index contributed by atoms with van der Waals surface area (Å²) < 4.78 is 11.5. The Morgan fingerprint density at radius 2 is 2.07 bits per heavy atom. The van der Waals surface area contributed by atoms with Gasteiger partial charge in [0.25, 0.3) is 0 Å². The maximum absolute atomic E-state index is 11.4. The van der Waals surface area contributed by atoms with Crippen LogP contribution in [0.3, 0.4) is 0 Å². The second-order valence-electron chi connectivity index (χ2n) is 7.02. The molecule has 1 unspecified atom stereocenters. The molecule has 156 valence electrons. The number of carbonyl (C=O) groups excluding carboxylic acids is 2. The maximum Gasteiger partial charge on any atom is 0.343 e. The van der Waals surface area contributed by atoms with Crippen LogP contribution in [-0.2, 0) is 14.3 Å². The van der Waals surface area contributed by atoms with Crippen molar-refractivity contribution in [2.24, 2.45) is 11.7 Å². The Morgan fingerprint density at radius 3 is 2.77 bits per heavy atom. The number of rotatable bonds is 7. The lowest BCUT2D eigenvalue weighted by Crippen LogP contribution is -2.23. The minimum absolute atomic E-state index is 0.0931. The van der Waals surface area contributed by atoms with E-state index in [4.69, 9.17) is 10.5 Å². The third-order valence-electron chi connectivity index (χ3n) is 5.03. The lowest BCUT2D eigenvalue weighted by Gasteiger charge is -2.12. The van der Waals surface area contributed by atoms with Crippen molar-refractivity contribution in [3.63, 3.8) is 0 Å². The number of esters is 1. The van der Waals surface area contributed by atoms with E-state index in [-0.39, 0.29) is 24.5 Å². The smallest absolute Gasteiger partial charge is 0.343 e. The zero-order valence-corrected chi connectivity index (χ0v) is 16.3. The number of methoxy groups -OCH3 is 1. The van der Waals surface area contributed by atoms with Crippen molar-refractivity contribution >= 4 is 29.0 Å². The summed E-state index contributed by atoms with van der Waals surface area (Å²) in [7, 11) is 1.30. The van der Waals surface area contributed by atoms with Crippen molar-refractivity contribution in [3.05, 3.63) is 30.5 Å². The molecule has 2 heterocycles. The molecule has 11 heteroatoms. The monoisotopic (exact) mass is 411 g/mol. The van der Waals surface area contributed by atoms with Crippen LogP contribution in [-0.4, -0.2) is 56.6 Å². The molecule has 3 N–H and O–H groups in total. The van der Waals surface area contributed by atoms with Crippen LogP contribution < -0.4 is 15.8 Å². The molecular formula is C19H21N7O4. The molecule has 0 bridgehead atoms. The minimum Gasteiger partial charge on any atom is -0.482 e. The Morgan fingerprint density at radius 1 is 1.27 bits per heavy atom. The first-order valence-electron chi connectivity index (χ1n) is 9.48. The fraction of sp³-hybridized carbons (Fsp3) is 0.368. The largest absolute Gasteiger partial charge is 0.482 e. The summed E-state index contributed by atoms with van der Waals surface area (Å²) in [6.45, 7) is -0.165. The van der Waals surface area contributed by atoms with E-state index in [1.54, 1.807) is 35.1 Å². The first-order valence-corrected chi connectivity index (χ1v) is 9.48. The molecule has 0 radical (unpaired) electrons. The molecule has 2 atom stereocenters. The van der Waals surface area contributed by atoms with Gasteiger partial charge < -0.3 is 20.5 Å².